The van der Waals surface area contributed by atoms with E-state index in [9.17, 15) is 13.6 Å². The Balaban J connectivity index is 1.04. The molecule has 2 aliphatic rings. The lowest BCUT2D eigenvalue weighted by molar-refractivity contribution is 0.0931. The minimum Gasteiger partial charge on any atom is -0.347 e. The third kappa shape index (κ3) is 5.29. The Morgan fingerprint density at radius 1 is 1.13 bits per heavy atom. The number of nitrogens with one attached hydrogen (secondary N) is 1. The summed E-state index contributed by atoms with van der Waals surface area (Å²) in [5.74, 6) is -1.63. The molecule has 6 rings (SSSR count). The molecule has 1 aliphatic carbocycles. The number of carbonyl (C=O) groups excluding carboxylic acids is 1. The SMILES string of the molecule is Cc1c(C(=O)NC2CCN(Cc3cn(C4CCCc5cccnc54)nn3)C2)nnn1Cc1ccc(F)cc1F. The summed E-state index contributed by atoms with van der Waals surface area (Å²) in [4.78, 5) is 19.8. The van der Waals surface area contributed by atoms with Crippen molar-refractivity contribution < 1.29 is 13.6 Å². The van der Waals surface area contributed by atoms with Crippen molar-refractivity contribution >= 4 is 5.91 Å². The molecule has 12 heteroatoms. The van der Waals surface area contributed by atoms with Crippen LogP contribution in [-0.4, -0.2) is 64.9 Å². The van der Waals surface area contributed by atoms with E-state index >= 15 is 0 Å². The van der Waals surface area contributed by atoms with E-state index in [1.165, 1.54) is 22.4 Å². The molecule has 4 aromatic rings. The van der Waals surface area contributed by atoms with Crippen molar-refractivity contribution in [3.05, 3.63) is 88.3 Å². The van der Waals surface area contributed by atoms with Crippen molar-refractivity contribution in [2.24, 2.45) is 0 Å². The maximum absolute atomic E-state index is 14.1. The summed E-state index contributed by atoms with van der Waals surface area (Å²) in [6.07, 6.45) is 7.78. The molecule has 2 unspecified atom stereocenters. The number of hydrogen-bond acceptors (Lipinski definition) is 7. The fraction of sp³-hybridized carbons (Fsp3) is 0.407. The number of benzene rings is 1. The zero-order chi connectivity index (χ0) is 26.9. The number of rotatable bonds is 7. The van der Waals surface area contributed by atoms with E-state index in [4.69, 9.17) is 0 Å². The van der Waals surface area contributed by atoms with Crippen LogP contribution in [0.3, 0.4) is 0 Å². The molecule has 1 aliphatic heterocycles. The highest BCUT2D eigenvalue weighted by molar-refractivity contribution is 5.93. The third-order valence-corrected chi connectivity index (χ3v) is 7.57. The molecule has 0 bridgehead atoms. The topological polar surface area (TPSA) is 107 Å². The van der Waals surface area contributed by atoms with E-state index < -0.39 is 11.6 Å². The maximum Gasteiger partial charge on any atom is 0.274 e. The van der Waals surface area contributed by atoms with Crippen LogP contribution in [0.4, 0.5) is 8.78 Å². The van der Waals surface area contributed by atoms with Crippen LogP contribution >= 0.6 is 0 Å². The Bertz CT molecular complexity index is 1500. The summed E-state index contributed by atoms with van der Waals surface area (Å²) in [6.45, 7) is 3.91. The first-order valence-corrected chi connectivity index (χ1v) is 13.2. The van der Waals surface area contributed by atoms with E-state index in [-0.39, 0.29) is 35.8 Å². The van der Waals surface area contributed by atoms with E-state index in [0.717, 1.165) is 49.7 Å². The normalized spacial score (nSPS) is 19.3. The number of aryl methyl sites for hydroxylation is 1. The van der Waals surface area contributed by atoms with Crippen molar-refractivity contribution in [2.45, 2.75) is 57.8 Å². The van der Waals surface area contributed by atoms with Crippen LogP contribution in [0.25, 0.3) is 0 Å². The fourth-order valence-corrected chi connectivity index (χ4v) is 5.49. The van der Waals surface area contributed by atoms with E-state index in [2.05, 4.69) is 41.9 Å². The molecule has 1 saturated heterocycles. The molecule has 39 heavy (non-hydrogen) atoms. The maximum atomic E-state index is 14.1. The quantitative estimate of drug-likeness (QED) is 0.389. The summed E-state index contributed by atoms with van der Waals surface area (Å²) in [7, 11) is 0. The molecule has 1 aromatic carbocycles. The van der Waals surface area contributed by atoms with Gasteiger partial charge in [0.2, 0.25) is 0 Å². The Hall–Kier alpha value is -4.06. The zero-order valence-electron chi connectivity index (χ0n) is 21.6. The van der Waals surface area contributed by atoms with Crippen LogP contribution in [0.2, 0.25) is 0 Å². The van der Waals surface area contributed by atoms with E-state index in [1.807, 2.05) is 23.1 Å². The lowest BCUT2D eigenvalue weighted by atomic mass is 9.92. The van der Waals surface area contributed by atoms with Gasteiger partial charge >= 0.3 is 0 Å². The average molecular weight is 534 g/mol. The van der Waals surface area contributed by atoms with Crippen molar-refractivity contribution in [3.63, 3.8) is 0 Å². The van der Waals surface area contributed by atoms with Gasteiger partial charge in [0, 0.05) is 43.5 Å². The number of halogens is 2. The Labute approximate surface area is 224 Å². The first-order chi connectivity index (χ1) is 18.9. The number of amides is 1. The van der Waals surface area contributed by atoms with Crippen molar-refractivity contribution in [1.29, 1.82) is 0 Å². The van der Waals surface area contributed by atoms with Gasteiger partial charge in [-0.1, -0.05) is 22.6 Å². The molecule has 4 heterocycles. The first-order valence-electron chi connectivity index (χ1n) is 13.2. The van der Waals surface area contributed by atoms with Gasteiger partial charge in [-0.2, -0.15) is 0 Å². The Morgan fingerprint density at radius 2 is 2.03 bits per heavy atom. The number of likely N-dealkylation sites (tertiary alicyclic amines) is 1. The number of fused-ring (bicyclic) bond motifs is 1. The van der Waals surface area contributed by atoms with Crippen molar-refractivity contribution in [3.8, 4) is 0 Å². The van der Waals surface area contributed by atoms with Crippen LogP contribution < -0.4 is 5.32 Å². The molecule has 2 atom stereocenters. The zero-order valence-corrected chi connectivity index (χ0v) is 21.6. The van der Waals surface area contributed by atoms with Gasteiger partial charge in [0.1, 0.15) is 11.6 Å². The second-order valence-corrected chi connectivity index (χ2v) is 10.3. The van der Waals surface area contributed by atoms with Gasteiger partial charge in [-0.25, -0.2) is 18.1 Å². The van der Waals surface area contributed by atoms with Crippen LogP contribution in [-0.2, 0) is 19.5 Å². The summed E-state index contributed by atoms with van der Waals surface area (Å²) < 4.78 is 30.6. The lowest BCUT2D eigenvalue weighted by Gasteiger charge is -2.23. The third-order valence-electron chi connectivity index (χ3n) is 7.57. The molecule has 1 fully saturated rings. The predicted octanol–water partition coefficient (Wildman–Crippen LogP) is 2.83. The molecule has 0 saturated carbocycles. The molecule has 202 valence electrons. The minimum atomic E-state index is -0.665. The Morgan fingerprint density at radius 3 is 2.90 bits per heavy atom. The van der Waals surface area contributed by atoms with Gasteiger partial charge in [-0.3, -0.25) is 14.7 Å². The number of pyridine rings is 1. The fourth-order valence-electron chi connectivity index (χ4n) is 5.49. The highest BCUT2D eigenvalue weighted by atomic mass is 19.1. The smallest absolute Gasteiger partial charge is 0.274 e. The van der Waals surface area contributed by atoms with Crippen LogP contribution in [0.5, 0.6) is 0 Å². The molecule has 0 spiro atoms. The molecule has 3 aromatic heterocycles. The number of carbonyl (C=O) groups is 1. The molecule has 1 N–H and O–H groups in total. The first kappa shape index (κ1) is 25.2. The summed E-state index contributed by atoms with van der Waals surface area (Å²) in [5.41, 5.74) is 4.23. The second-order valence-electron chi connectivity index (χ2n) is 10.3. The summed E-state index contributed by atoms with van der Waals surface area (Å²) in [6, 6.07) is 7.57. The number of hydrogen-bond donors (Lipinski definition) is 1. The monoisotopic (exact) mass is 533 g/mol. The highest BCUT2D eigenvalue weighted by Crippen LogP contribution is 2.30. The van der Waals surface area contributed by atoms with Crippen molar-refractivity contribution in [2.75, 3.05) is 13.1 Å². The largest absolute Gasteiger partial charge is 0.347 e. The number of aromatic nitrogens is 7. The van der Waals surface area contributed by atoms with E-state index in [0.29, 0.717) is 18.8 Å². The van der Waals surface area contributed by atoms with E-state index in [1.54, 1.807) is 6.92 Å². The Kier molecular flexibility index (Phi) is 6.86. The van der Waals surface area contributed by atoms with Gasteiger partial charge in [-0.05, 0) is 50.3 Å². The average Bonchev–Trinajstić information content (AvgIpc) is 3.66. The van der Waals surface area contributed by atoms with Crippen LogP contribution in [0, 0.1) is 18.6 Å². The van der Waals surface area contributed by atoms with Gasteiger partial charge in [0.25, 0.3) is 5.91 Å². The lowest BCUT2D eigenvalue weighted by Crippen LogP contribution is -2.37. The van der Waals surface area contributed by atoms with Gasteiger partial charge in [0.05, 0.1) is 35.9 Å². The minimum absolute atomic E-state index is 0.0407. The molecular formula is C27H29F2N9O. The second kappa shape index (κ2) is 10.6. The van der Waals surface area contributed by atoms with Crippen molar-refractivity contribution in [1.82, 2.24) is 45.2 Å². The predicted molar refractivity (Wildman–Crippen MR) is 137 cm³/mol. The van der Waals surface area contributed by atoms with Gasteiger partial charge in [-0.15, -0.1) is 10.2 Å². The number of nitrogens with zero attached hydrogens (tertiary/aromatic N) is 8. The van der Waals surface area contributed by atoms with Gasteiger partial charge < -0.3 is 5.32 Å². The van der Waals surface area contributed by atoms with Crippen LogP contribution in [0.1, 0.15) is 64.0 Å². The summed E-state index contributed by atoms with van der Waals surface area (Å²) in [5, 5.41) is 19.9. The molecule has 1 amide bonds. The molecule has 10 nitrogen and oxygen atoms in total. The van der Waals surface area contributed by atoms with Gasteiger partial charge in [0.15, 0.2) is 5.69 Å². The summed E-state index contributed by atoms with van der Waals surface area (Å²) >= 11 is 0. The molecule has 0 radical (unpaired) electrons. The molecular weight excluding hydrogens is 504 g/mol. The highest BCUT2D eigenvalue weighted by Gasteiger charge is 2.28. The van der Waals surface area contributed by atoms with Crippen LogP contribution in [0.15, 0.2) is 42.7 Å². The standard InChI is InChI=1S/C27H29F2N9O/c1-17-25(33-35-37(17)13-19-7-8-20(28)12-23(19)29)27(39)31-21-9-11-36(14-21)15-22-16-38(34-32-22)24-6-2-4-18-5-3-10-30-26(18)24/h3,5,7-8,10,12,16,21,24H,2,4,6,9,11,13-15H2,1H3,(H,31,39).